The lowest BCUT2D eigenvalue weighted by Gasteiger charge is -2.32. The fraction of sp³-hybridized carbons (Fsp3) is 0.370. The molecule has 0 aliphatic carbocycles. The SMILES string of the molecule is CC[C@H](C)[C@@H](C(=O)O)N(C)n1c(-c2ccc(F)c(C(F)(F)F)c2F)csc1=NC(=O)Cc1csc2c1c(=O)n(C)c(=O)n2C. The van der Waals surface area contributed by atoms with Gasteiger partial charge in [-0.15, -0.1) is 22.7 Å². The molecule has 0 unspecified atom stereocenters. The molecular weight excluding hydrogens is 633 g/mol. The average Bonchev–Trinajstić information content (AvgIpc) is 3.54. The Morgan fingerprint density at radius 3 is 2.34 bits per heavy atom. The van der Waals surface area contributed by atoms with Crippen molar-refractivity contribution in [3.05, 3.63) is 71.3 Å². The first-order valence-electron chi connectivity index (χ1n) is 13.0. The molecule has 1 amide bonds. The van der Waals surface area contributed by atoms with Crippen LogP contribution < -0.4 is 21.1 Å². The van der Waals surface area contributed by atoms with Crippen LogP contribution in [0.2, 0.25) is 0 Å². The highest BCUT2D eigenvalue weighted by molar-refractivity contribution is 7.17. The number of carboxylic acid groups (broad SMARTS) is 1. The van der Waals surface area contributed by atoms with Crippen LogP contribution in [0.1, 0.15) is 31.4 Å². The van der Waals surface area contributed by atoms with Crippen molar-refractivity contribution in [1.82, 2.24) is 13.8 Å². The summed E-state index contributed by atoms with van der Waals surface area (Å²) in [7, 11) is 4.06. The number of halogens is 5. The van der Waals surface area contributed by atoms with Crippen molar-refractivity contribution in [3.8, 4) is 11.3 Å². The zero-order valence-electron chi connectivity index (χ0n) is 23.9. The molecule has 0 bridgehead atoms. The van der Waals surface area contributed by atoms with E-state index < -0.39 is 70.4 Å². The Morgan fingerprint density at radius 1 is 1.09 bits per heavy atom. The fourth-order valence-electron chi connectivity index (χ4n) is 4.86. The number of likely N-dealkylation sites (N-methyl/N-ethyl adjacent to an activating group) is 1. The molecule has 3 heterocycles. The Morgan fingerprint density at radius 2 is 1.75 bits per heavy atom. The molecule has 0 fully saturated rings. The first-order valence-corrected chi connectivity index (χ1v) is 14.7. The lowest BCUT2D eigenvalue weighted by Crippen LogP contribution is -2.52. The van der Waals surface area contributed by atoms with Gasteiger partial charge >= 0.3 is 17.8 Å². The van der Waals surface area contributed by atoms with Crippen LogP contribution in [0.15, 0.2) is 37.5 Å². The van der Waals surface area contributed by atoms with E-state index in [4.69, 9.17) is 0 Å². The van der Waals surface area contributed by atoms with Crippen LogP contribution in [0.3, 0.4) is 0 Å². The summed E-state index contributed by atoms with van der Waals surface area (Å²) in [5.41, 5.74) is -4.02. The van der Waals surface area contributed by atoms with E-state index >= 15 is 4.39 Å². The second-order valence-electron chi connectivity index (χ2n) is 10.1. The number of amides is 1. The maximum atomic E-state index is 15.3. The number of aromatic nitrogens is 3. The molecule has 10 nitrogen and oxygen atoms in total. The zero-order chi connectivity index (χ0) is 32.8. The van der Waals surface area contributed by atoms with Gasteiger partial charge in [-0.3, -0.25) is 23.7 Å². The summed E-state index contributed by atoms with van der Waals surface area (Å²) < 4.78 is 73.2. The molecule has 0 aliphatic heterocycles. The lowest BCUT2D eigenvalue weighted by atomic mass is 9.99. The van der Waals surface area contributed by atoms with Crippen molar-refractivity contribution < 1.29 is 36.6 Å². The minimum Gasteiger partial charge on any atom is -0.480 e. The van der Waals surface area contributed by atoms with Gasteiger partial charge in [0.15, 0.2) is 0 Å². The van der Waals surface area contributed by atoms with Crippen molar-refractivity contribution in [1.29, 1.82) is 0 Å². The second-order valence-corrected chi connectivity index (χ2v) is 11.8. The minimum absolute atomic E-state index is 0.135. The highest BCUT2D eigenvalue weighted by Crippen LogP contribution is 2.37. The normalized spacial score (nSPS) is 13.8. The first-order chi connectivity index (χ1) is 20.5. The molecule has 0 aliphatic rings. The predicted octanol–water partition coefficient (Wildman–Crippen LogP) is 3.86. The second kappa shape index (κ2) is 12.1. The van der Waals surface area contributed by atoms with Crippen molar-refractivity contribution >= 4 is 44.8 Å². The highest BCUT2D eigenvalue weighted by atomic mass is 32.1. The van der Waals surface area contributed by atoms with Crippen LogP contribution >= 0.6 is 22.7 Å². The Labute approximate surface area is 253 Å². The summed E-state index contributed by atoms with van der Waals surface area (Å²) in [4.78, 5) is 54.8. The Kier molecular flexibility index (Phi) is 9.02. The number of aliphatic carboxylic acids is 1. The number of hydrogen-bond acceptors (Lipinski definition) is 7. The molecule has 236 valence electrons. The number of hydrogen-bond donors (Lipinski definition) is 1. The Bertz CT molecular complexity index is 1970. The molecule has 1 N–H and O–H groups in total. The van der Waals surface area contributed by atoms with Gasteiger partial charge in [0.05, 0.1) is 17.5 Å². The van der Waals surface area contributed by atoms with E-state index in [9.17, 15) is 41.8 Å². The third-order valence-corrected chi connectivity index (χ3v) is 9.22. The van der Waals surface area contributed by atoms with Crippen LogP contribution in [-0.2, 0) is 36.3 Å². The van der Waals surface area contributed by atoms with Gasteiger partial charge in [0.1, 0.15) is 28.1 Å². The van der Waals surface area contributed by atoms with E-state index in [1.54, 1.807) is 13.8 Å². The molecule has 4 aromatic rings. The number of thiazole rings is 1. The van der Waals surface area contributed by atoms with Gasteiger partial charge in [0.2, 0.25) is 4.80 Å². The van der Waals surface area contributed by atoms with Gasteiger partial charge in [-0.25, -0.2) is 23.0 Å². The summed E-state index contributed by atoms with van der Waals surface area (Å²) in [5, 5.41) is 14.0. The molecule has 44 heavy (non-hydrogen) atoms. The fourth-order valence-corrected chi connectivity index (χ4v) is 6.81. The van der Waals surface area contributed by atoms with Crippen LogP contribution in [0.25, 0.3) is 21.5 Å². The third kappa shape index (κ3) is 5.72. The van der Waals surface area contributed by atoms with Crippen molar-refractivity contribution in [2.24, 2.45) is 25.0 Å². The van der Waals surface area contributed by atoms with Gasteiger partial charge in [0.25, 0.3) is 11.5 Å². The van der Waals surface area contributed by atoms with E-state index in [2.05, 4.69) is 4.99 Å². The average molecular weight is 660 g/mol. The lowest BCUT2D eigenvalue weighted by molar-refractivity contribution is -0.142. The summed E-state index contributed by atoms with van der Waals surface area (Å²) in [5.74, 6) is -6.39. The number of carbonyl (C=O) groups excluding carboxylic acids is 1. The number of carboxylic acids is 1. The number of thiophene rings is 1. The monoisotopic (exact) mass is 659 g/mol. The predicted molar refractivity (Wildman–Crippen MR) is 154 cm³/mol. The molecular formula is C27H26F5N5O5S2. The molecule has 3 aromatic heterocycles. The number of benzene rings is 1. The maximum Gasteiger partial charge on any atom is 0.422 e. The Balaban J connectivity index is 1.92. The molecule has 2 atom stereocenters. The topological polar surface area (TPSA) is 119 Å². The van der Waals surface area contributed by atoms with Crippen LogP contribution in [0, 0.1) is 17.6 Å². The highest BCUT2D eigenvalue weighted by Gasteiger charge is 2.39. The molecule has 0 saturated carbocycles. The Hall–Kier alpha value is -4.12. The number of fused-ring (bicyclic) bond motifs is 1. The van der Waals surface area contributed by atoms with E-state index in [0.717, 1.165) is 43.0 Å². The largest absolute Gasteiger partial charge is 0.480 e. The van der Waals surface area contributed by atoms with Crippen LogP contribution in [-0.4, -0.2) is 43.9 Å². The summed E-state index contributed by atoms with van der Waals surface area (Å²) in [6, 6.07) is -0.0587. The van der Waals surface area contributed by atoms with E-state index in [0.29, 0.717) is 17.3 Å². The molecule has 4 rings (SSSR count). The van der Waals surface area contributed by atoms with Crippen molar-refractivity contribution in [2.75, 3.05) is 12.1 Å². The molecule has 0 radical (unpaired) electrons. The summed E-state index contributed by atoms with van der Waals surface area (Å²) in [6.45, 7) is 3.35. The van der Waals surface area contributed by atoms with Gasteiger partial charge in [0, 0.05) is 32.1 Å². The van der Waals surface area contributed by atoms with E-state index in [1.165, 1.54) is 36.5 Å². The zero-order valence-corrected chi connectivity index (χ0v) is 25.5. The molecule has 1 aromatic carbocycles. The van der Waals surface area contributed by atoms with Gasteiger partial charge < -0.3 is 5.11 Å². The van der Waals surface area contributed by atoms with Crippen molar-refractivity contribution in [3.63, 3.8) is 0 Å². The number of aryl methyl sites for hydroxylation is 1. The minimum atomic E-state index is -5.37. The quantitative estimate of drug-likeness (QED) is 0.287. The number of rotatable bonds is 8. The van der Waals surface area contributed by atoms with E-state index in [-0.39, 0.29) is 21.4 Å². The number of nitrogens with zero attached hydrogens (tertiary/aromatic N) is 5. The standard InChI is InChI=1S/C27H26F5N5O5S2/c1-6-12(2)21(24(40)41)36(5)37-16(14-7-8-15(28)19(20(14)29)27(30,31)32)11-44-25(37)33-17(38)9-13-10-43-23-18(13)22(39)34(3)26(42)35(23)4/h7-8,10-12,21H,6,9H2,1-5H3,(H,40,41)/t12-,21-/m0/s1. The smallest absolute Gasteiger partial charge is 0.422 e. The van der Waals surface area contributed by atoms with Crippen LogP contribution in [0.4, 0.5) is 22.0 Å². The van der Waals surface area contributed by atoms with E-state index in [1.807, 2.05) is 0 Å². The van der Waals surface area contributed by atoms with Gasteiger partial charge in [-0.1, -0.05) is 20.3 Å². The van der Waals surface area contributed by atoms with Gasteiger partial charge in [-0.2, -0.15) is 18.2 Å². The van der Waals surface area contributed by atoms with Gasteiger partial charge in [-0.05, 0) is 29.0 Å². The molecule has 17 heteroatoms. The summed E-state index contributed by atoms with van der Waals surface area (Å²) in [6.07, 6.45) is -5.41. The third-order valence-electron chi connectivity index (χ3n) is 7.30. The van der Waals surface area contributed by atoms with Crippen LogP contribution in [0.5, 0.6) is 0 Å². The maximum absolute atomic E-state index is 15.3. The first kappa shape index (κ1) is 32.8. The molecule has 0 saturated heterocycles. The number of carbonyl (C=O) groups is 2. The number of alkyl halides is 3. The van der Waals surface area contributed by atoms with Crippen molar-refractivity contribution in [2.45, 2.75) is 38.9 Å². The molecule has 0 spiro atoms. The summed E-state index contributed by atoms with van der Waals surface area (Å²) >= 11 is 1.79.